The van der Waals surface area contributed by atoms with Crippen LogP contribution in [0.2, 0.25) is 0 Å². The van der Waals surface area contributed by atoms with E-state index in [2.05, 4.69) is 0 Å². The summed E-state index contributed by atoms with van der Waals surface area (Å²) in [6.07, 6.45) is 2.01. The van der Waals surface area contributed by atoms with Crippen LogP contribution in [0.25, 0.3) is 0 Å². The van der Waals surface area contributed by atoms with Crippen molar-refractivity contribution in [2.24, 2.45) is 5.73 Å². The van der Waals surface area contributed by atoms with Crippen LogP contribution >= 0.6 is 0 Å². The zero-order valence-electron chi connectivity index (χ0n) is 9.40. The van der Waals surface area contributed by atoms with E-state index in [9.17, 15) is 9.59 Å². The fourth-order valence-electron chi connectivity index (χ4n) is 1.89. The van der Waals surface area contributed by atoms with Gasteiger partial charge in [-0.05, 0) is 12.8 Å². The summed E-state index contributed by atoms with van der Waals surface area (Å²) in [6.45, 7) is 1.03. The number of likely N-dealkylation sites (N-methyl/N-ethyl adjacent to an activating group) is 1. The molecule has 0 aromatic heterocycles. The fourth-order valence-corrected chi connectivity index (χ4v) is 1.89. The summed E-state index contributed by atoms with van der Waals surface area (Å²) in [7, 11) is 3.43. The third-order valence-corrected chi connectivity index (χ3v) is 2.66. The first-order valence-electron chi connectivity index (χ1n) is 5.28. The Bertz CT molecular complexity index is 253. The third-order valence-electron chi connectivity index (χ3n) is 2.66. The Hall–Kier alpha value is -1.10. The van der Waals surface area contributed by atoms with E-state index in [0.29, 0.717) is 19.5 Å². The van der Waals surface area contributed by atoms with Crippen molar-refractivity contribution in [1.29, 1.82) is 0 Å². The van der Waals surface area contributed by atoms with E-state index in [1.807, 2.05) is 0 Å². The van der Waals surface area contributed by atoms with Gasteiger partial charge in [-0.3, -0.25) is 9.59 Å². The number of carbonyl (C=O) groups is 2. The van der Waals surface area contributed by atoms with Crippen molar-refractivity contribution < 1.29 is 9.59 Å². The maximum absolute atomic E-state index is 11.8. The van der Waals surface area contributed by atoms with Crippen LogP contribution in [0.1, 0.15) is 19.3 Å². The smallest absolute Gasteiger partial charge is 0.244 e. The molecule has 5 nitrogen and oxygen atoms in total. The summed E-state index contributed by atoms with van der Waals surface area (Å²) in [5.74, 6) is 0.00747. The Morgan fingerprint density at radius 2 is 2.13 bits per heavy atom. The zero-order chi connectivity index (χ0) is 11.4. The molecule has 0 aliphatic carbocycles. The SMILES string of the molecule is CN(C)C(=O)[C@@H]1CCCN1C(=O)CCN. The molecule has 1 atom stereocenters. The second-order valence-corrected chi connectivity index (χ2v) is 4.02. The molecular weight excluding hydrogens is 194 g/mol. The first-order chi connectivity index (χ1) is 7.07. The minimum absolute atomic E-state index is 0.00444. The standard InChI is InChI=1S/C10H19N3O2/c1-12(2)10(15)8-4-3-7-13(8)9(14)5-6-11/h8H,3-7,11H2,1-2H3/t8-/m0/s1. The highest BCUT2D eigenvalue weighted by atomic mass is 16.2. The molecule has 0 aromatic carbocycles. The van der Waals surface area contributed by atoms with Crippen LogP contribution in [0.4, 0.5) is 0 Å². The average molecular weight is 213 g/mol. The number of rotatable bonds is 3. The van der Waals surface area contributed by atoms with Gasteiger partial charge in [0.15, 0.2) is 0 Å². The molecular formula is C10H19N3O2. The van der Waals surface area contributed by atoms with Gasteiger partial charge in [0.1, 0.15) is 6.04 Å². The Balaban J connectivity index is 2.64. The molecule has 0 spiro atoms. The van der Waals surface area contributed by atoms with Gasteiger partial charge in [0.25, 0.3) is 0 Å². The highest BCUT2D eigenvalue weighted by Gasteiger charge is 2.34. The lowest BCUT2D eigenvalue weighted by Gasteiger charge is -2.26. The van der Waals surface area contributed by atoms with Gasteiger partial charge < -0.3 is 15.5 Å². The topological polar surface area (TPSA) is 66.6 Å². The van der Waals surface area contributed by atoms with Crippen molar-refractivity contribution in [2.75, 3.05) is 27.2 Å². The fraction of sp³-hybridized carbons (Fsp3) is 0.800. The Morgan fingerprint density at radius 1 is 1.47 bits per heavy atom. The molecule has 2 N–H and O–H groups in total. The third kappa shape index (κ3) is 2.68. The molecule has 1 heterocycles. The Labute approximate surface area is 90.2 Å². The minimum Gasteiger partial charge on any atom is -0.347 e. The van der Waals surface area contributed by atoms with E-state index in [1.165, 1.54) is 0 Å². The maximum atomic E-state index is 11.8. The second kappa shape index (κ2) is 5.11. The summed E-state index contributed by atoms with van der Waals surface area (Å²) in [5.41, 5.74) is 5.34. The molecule has 0 unspecified atom stereocenters. The monoisotopic (exact) mass is 213 g/mol. The zero-order valence-corrected chi connectivity index (χ0v) is 9.40. The summed E-state index contributed by atoms with van der Waals surface area (Å²) < 4.78 is 0. The highest BCUT2D eigenvalue weighted by molar-refractivity contribution is 5.88. The van der Waals surface area contributed by atoms with Crippen LogP contribution in [-0.4, -0.2) is 54.8 Å². The van der Waals surface area contributed by atoms with Crippen molar-refractivity contribution >= 4 is 11.8 Å². The number of amides is 2. The van der Waals surface area contributed by atoms with Crippen LogP contribution in [0, 0.1) is 0 Å². The van der Waals surface area contributed by atoms with E-state index in [0.717, 1.165) is 12.8 Å². The lowest BCUT2D eigenvalue weighted by molar-refractivity contribution is -0.142. The predicted molar refractivity (Wildman–Crippen MR) is 57.1 cm³/mol. The second-order valence-electron chi connectivity index (χ2n) is 4.02. The van der Waals surface area contributed by atoms with Crippen molar-refractivity contribution in [3.05, 3.63) is 0 Å². The molecule has 1 saturated heterocycles. The molecule has 5 heteroatoms. The van der Waals surface area contributed by atoms with Gasteiger partial charge in [-0.1, -0.05) is 0 Å². The van der Waals surface area contributed by atoms with Crippen LogP contribution in [0.3, 0.4) is 0 Å². The predicted octanol–water partition coefficient (Wildman–Crippen LogP) is -0.586. The summed E-state index contributed by atoms with van der Waals surface area (Å²) >= 11 is 0. The molecule has 1 rings (SSSR count). The van der Waals surface area contributed by atoms with E-state index >= 15 is 0 Å². The van der Waals surface area contributed by atoms with Crippen molar-refractivity contribution in [2.45, 2.75) is 25.3 Å². The lowest BCUT2D eigenvalue weighted by atomic mass is 10.2. The molecule has 15 heavy (non-hydrogen) atoms. The van der Waals surface area contributed by atoms with Gasteiger partial charge in [-0.2, -0.15) is 0 Å². The first-order valence-corrected chi connectivity index (χ1v) is 5.28. The van der Waals surface area contributed by atoms with E-state index in [-0.39, 0.29) is 17.9 Å². The van der Waals surface area contributed by atoms with Crippen molar-refractivity contribution in [1.82, 2.24) is 9.80 Å². The van der Waals surface area contributed by atoms with E-state index < -0.39 is 0 Å². The number of hydrogen-bond acceptors (Lipinski definition) is 3. The quantitative estimate of drug-likeness (QED) is 0.681. The van der Waals surface area contributed by atoms with Gasteiger partial charge in [-0.15, -0.1) is 0 Å². The van der Waals surface area contributed by atoms with Crippen molar-refractivity contribution in [3.8, 4) is 0 Å². The normalized spacial score (nSPS) is 20.5. The Morgan fingerprint density at radius 3 is 2.67 bits per heavy atom. The lowest BCUT2D eigenvalue weighted by Crippen LogP contribution is -2.45. The summed E-state index contributed by atoms with van der Waals surface area (Å²) in [4.78, 5) is 26.6. The van der Waals surface area contributed by atoms with Gasteiger partial charge in [0.2, 0.25) is 11.8 Å². The van der Waals surface area contributed by atoms with Crippen LogP contribution in [0.15, 0.2) is 0 Å². The van der Waals surface area contributed by atoms with Crippen LogP contribution in [-0.2, 0) is 9.59 Å². The minimum atomic E-state index is -0.265. The van der Waals surface area contributed by atoms with E-state index in [4.69, 9.17) is 5.73 Å². The van der Waals surface area contributed by atoms with E-state index in [1.54, 1.807) is 23.9 Å². The van der Waals surface area contributed by atoms with Crippen LogP contribution < -0.4 is 5.73 Å². The number of nitrogens with zero attached hydrogens (tertiary/aromatic N) is 2. The molecule has 86 valence electrons. The van der Waals surface area contributed by atoms with Gasteiger partial charge in [-0.25, -0.2) is 0 Å². The summed E-state index contributed by atoms with van der Waals surface area (Å²) in [6, 6.07) is -0.265. The molecule has 0 aromatic rings. The number of hydrogen-bond donors (Lipinski definition) is 1. The molecule has 0 bridgehead atoms. The van der Waals surface area contributed by atoms with Crippen molar-refractivity contribution in [3.63, 3.8) is 0 Å². The first kappa shape index (κ1) is 12.0. The molecule has 1 fully saturated rings. The number of carbonyl (C=O) groups excluding carboxylic acids is 2. The van der Waals surface area contributed by atoms with Gasteiger partial charge in [0.05, 0.1) is 0 Å². The molecule has 1 aliphatic rings. The Kier molecular flexibility index (Phi) is 4.08. The summed E-state index contributed by atoms with van der Waals surface area (Å²) in [5, 5.41) is 0. The number of nitrogens with two attached hydrogens (primary N) is 1. The average Bonchev–Trinajstić information content (AvgIpc) is 2.65. The molecule has 2 amide bonds. The largest absolute Gasteiger partial charge is 0.347 e. The molecule has 0 saturated carbocycles. The van der Waals surface area contributed by atoms with Crippen LogP contribution in [0.5, 0.6) is 0 Å². The maximum Gasteiger partial charge on any atom is 0.244 e. The number of likely N-dealkylation sites (tertiary alicyclic amines) is 1. The molecule has 1 aliphatic heterocycles. The van der Waals surface area contributed by atoms with Gasteiger partial charge >= 0.3 is 0 Å². The van der Waals surface area contributed by atoms with Gasteiger partial charge in [0, 0.05) is 33.6 Å². The molecule has 0 radical (unpaired) electrons. The highest BCUT2D eigenvalue weighted by Crippen LogP contribution is 2.19.